The minimum absolute atomic E-state index is 0.264. The van der Waals surface area contributed by atoms with E-state index < -0.39 is 12.1 Å². The lowest BCUT2D eigenvalue weighted by molar-refractivity contribution is -0.206. The molecule has 0 heterocycles. The number of rotatable bonds is 16. The van der Waals surface area contributed by atoms with Crippen LogP contribution in [0.3, 0.4) is 0 Å². The number of nitrogens with one attached hydrogen (secondary N) is 1. The zero-order valence-corrected chi connectivity index (χ0v) is 15.1. The number of alkyl halides is 3. The third kappa shape index (κ3) is 16.1. The molecule has 1 N–H and O–H groups in total. The SMILES string of the molecule is CCCCCCCCCCCCCCCCNOC(=O)C(F)(F)F. The molecule has 0 aromatic heterocycles. The molecule has 0 aromatic carbocycles. The van der Waals surface area contributed by atoms with Crippen LogP contribution < -0.4 is 5.48 Å². The van der Waals surface area contributed by atoms with Crippen molar-refractivity contribution >= 4 is 5.97 Å². The molecule has 0 amide bonds. The molecule has 6 heteroatoms. The van der Waals surface area contributed by atoms with E-state index >= 15 is 0 Å². The summed E-state index contributed by atoms with van der Waals surface area (Å²) in [6.45, 7) is 2.50. The highest BCUT2D eigenvalue weighted by molar-refractivity contribution is 5.75. The van der Waals surface area contributed by atoms with Crippen molar-refractivity contribution in [2.24, 2.45) is 0 Å². The van der Waals surface area contributed by atoms with Gasteiger partial charge in [0.2, 0.25) is 0 Å². The molecule has 0 aliphatic rings. The van der Waals surface area contributed by atoms with E-state index in [-0.39, 0.29) is 6.54 Å². The van der Waals surface area contributed by atoms with Crippen LogP contribution in [-0.2, 0) is 9.63 Å². The molecule has 24 heavy (non-hydrogen) atoms. The van der Waals surface area contributed by atoms with E-state index in [0.717, 1.165) is 12.8 Å². The Labute approximate surface area is 144 Å². The maximum Gasteiger partial charge on any atom is 0.492 e. The summed E-state index contributed by atoms with van der Waals surface area (Å²) in [5, 5.41) is 0. The predicted octanol–water partition coefficient (Wildman–Crippen LogP) is 6.08. The minimum Gasteiger partial charge on any atom is -0.364 e. The predicted molar refractivity (Wildman–Crippen MR) is 90.5 cm³/mol. The van der Waals surface area contributed by atoms with Gasteiger partial charge < -0.3 is 4.84 Å². The Balaban J connectivity index is 3.12. The van der Waals surface area contributed by atoms with E-state index in [2.05, 4.69) is 17.2 Å². The quantitative estimate of drug-likeness (QED) is 0.270. The normalized spacial score (nSPS) is 11.7. The van der Waals surface area contributed by atoms with Crippen LogP contribution >= 0.6 is 0 Å². The van der Waals surface area contributed by atoms with Crippen LogP contribution in [0.15, 0.2) is 0 Å². The molecule has 0 aliphatic heterocycles. The highest BCUT2D eigenvalue weighted by Gasteiger charge is 2.41. The van der Waals surface area contributed by atoms with E-state index in [1.165, 1.54) is 70.6 Å². The average molecular weight is 353 g/mol. The molecule has 0 aromatic rings. The lowest BCUT2D eigenvalue weighted by atomic mass is 10.0. The van der Waals surface area contributed by atoms with Gasteiger partial charge in [0, 0.05) is 6.54 Å². The molecule has 0 bridgehead atoms. The van der Waals surface area contributed by atoms with Crippen molar-refractivity contribution in [2.75, 3.05) is 6.54 Å². The summed E-state index contributed by atoms with van der Waals surface area (Å²) < 4.78 is 35.5. The maximum absolute atomic E-state index is 11.8. The first-order valence-corrected chi connectivity index (χ1v) is 9.49. The summed E-state index contributed by atoms with van der Waals surface area (Å²) in [5.41, 5.74) is 2.07. The maximum atomic E-state index is 11.8. The Kier molecular flexibility index (Phi) is 15.2. The van der Waals surface area contributed by atoms with Crippen molar-refractivity contribution < 1.29 is 22.8 Å². The van der Waals surface area contributed by atoms with Crippen molar-refractivity contribution in [3.05, 3.63) is 0 Å². The van der Waals surface area contributed by atoms with Crippen LogP contribution in [0.25, 0.3) is 0 Å². The van der Waals surface area contributed by atoms with Gasteiger partial charge in [0.25, 0.3) is 0 Å². The Hall–Kier alpha value is -0.780. The molecule has 144 valence electrons. The third-order valence-corrected chi connectivity index (χ3v) is 4.03. The van der Waals surface area contributed by atoms with Gasteiger partial charge in [-0.25, -0.2) is 4.79 Å². The number of hydroxylamine groups is 1. The first-order valence-electron chi connectivity index (χ1n) is 9.49. The van der Waals surface area contributed by atoms with Crippen LogP contribution in [0, 0.1) is 0 Å². The van der Waals surface area contributed by atoms with Crippen LogP contribution in [-0.4, -0.2) is 18.7 Å². The molecule has 0 rings (SSSR count). The zero-order chi connectivity index (χ0) is 18.1. The van der Waals surface area contributed by atoms with E-state index in [1.807, 2.05) is 0 Å². The Bertz CT molecular complexity index is 296. The number of hydrogen-bond donors (Lipinski definition) is 1. The van der Waals surface area contributed by atoms with Gasteiger partial charge in [0.15, 0.2) is 0 Å². The van der Waals surface area contributed by atoms with Crippen LogP contribution in [0.1, 0.15) is 96.8 Å². The minimum atomic E-state index is -4.93. The summed E-state index contributed by atoms with van der Waals surface area (Å²) in [6.07, 6.45) is 12.2. The first kappa shape index (κ1) is 23.2. The van der Waals surface area contributed by atoms with Crippen LogP contribution in [0.2, 0.25) is 0 Å². The molecule has 3 nitrogen and oxygen atoms in total. The van der Waals surface area contributed by atoms with Crippen molar-refractivity contribution in [1.29, 1.82) is 0 Å². The molecular formula is C18H34F3NO2. The second kappa shape index (κ2) is 15.7. The topological polar surface area (TPSA) is 38.3 Å². The molecule has 0 radical (unpaired) electrons. The van der Waals surface area contributed by atoms with Crippen molar-refractivity contribution in [3.8, 4) is 0 Å². The van der Waals surface area contributed by atoms with Gasteiger partial charge in [0.1, 0.15) is 0 Å². The second-order valence-electron chi connectivity index (χ2n) is 6.38. The third-order valence-electron chi connectivity index (χ3n) is 4.03. The Morgan fingerprint density at radius 2 is 1.12 bits per heavy atom. The molecule has 0 atom stereocenters. The Morgan fingerprint density at radius 3 is 1.50 bits per heavy atom. The van der Waals surface area contributed by atoms with Gasteiger partial charge in [-0.15, -0.1) is 0 Å². The highest BCUT2D eigenvalue weighted by atomic mass is 19.4. The van der Waals surface area contributed by atoms with Gasteiger partial charge in [-0.1, -0.05) is 90.4 Å². The number of hydrogen-bond acceptors (Lipinski definition) is 3. The van der Waals surface area contributed by atoms with Crippen LogP contribution in [0.5, 0.6) is 0 Å². The van der Waals surface area contributed by atoms with Crippen molar-refractivity contribution in [1.82, 2.24) is 5.48 Å². The Morgan fingerprint density at radius 1 is 0.750 bits per heavy atom. The average Bonchev–Trinajstić information content (AvgIpc) is 2.53. The number of carbonyl (C=O) groups excluding carboxylic acids is 1. The van der Waals surface area contributed by atoms with Crippen molar-refractivity contribution in [2.45, 2.75) is 103 Å². The standard InChI is InChI=1S/C18H34F3NO2/c1-2-3-4-5-6-7-8-9-10-11-12-13-14-15-16-22-24-17(23)18(19,20)21/h22H,2-16H2,1H3. The lowest BCUT2D eigenvalue weighted by Crippen LogP contribution is -2.31. The fraction of sp³-hybridized carbons (Fsp3) is 0.944. The number of halogens is 3. The van der Waals surface area contributed by atoms with Crippen molar-refractivity contribution in [3.63, 3.8) is 0 Å². The summed E-state index contributed by atoms with van der Waals surface area (Å²) in [4.78, 5) is 14.3. The monoisotopic (exact) mass is 353 g/mol. The number of unbranched alkanes of at least 4 members (excludes halogenated alkanes) is 13. The van der Waals surface area contributed by atoms with Gasteiger partial charge in [0.05, 0.1) is 0 Å². The lowest BCUT2D eigenvalue weighted by Gasteiger charge is -2.07. The highest BCUT2D eigenvalue weighted by Crippen LogP contribution is 2.15. The van der Waals surface area contributed by atoms with Gasteiger partial charge >= 0.3 is 12.1 Å². The van der Waals surface area contributed by atoms with Crippen LogP contribution in [0.4, 0.5) is 13.2 Å². The molecule has 0 saturated carbocycles. The summed E-state index contributed by atoms with van der Waals surface area (Å²) in [5.74, 6) is -2.19. The number of carbonyl (C=O) groups is 1. The summed E-state index contributed by atoms with van der Waals surface area (Å²) in [6, 6.07) is 0. The van der Waals surface area contributed by atoms with Gasteiger partial charge in [-0.3, -0.25) is 0 Å². The zero-order valence-electron chi connectivity index (χ0n) is 15.1. The smallest absolute Gasteiger partial charge is 0.364 e. The summed E-state index contributed by atoms with van der Waals surface area (Å²) in [7, 11) is 0. The molecule has 0 saturated heterocycles. The summed E-state index contributed by atoms with van der Waals surface area (Å²) >= 11 is 0. The molecular weight excluding hydrogens is 319 g/mol. The second-order valence-corrected chi connectivity index (χ2v) is 6.38. The first-order chi connectivity index (χ1) is 11.5. The van der Waals surface area contributed by atoms with E-state index in [4.69, 9.17) is 0 Å². The fourth-order valence-electron chi connectivity index (χ4n) is 2.57. The van der Waals surface area contributed by atoms with E-state index in [9.17, 15) is 18.0 Å². The molecule has 0 spiro atoms. The largest absolute Gasteiger partial charge is 0.492 e. The molecule has 0 unspecified atom stereocenters. The molecule has 0 aliphatic carbocycles. The fourth-order valence-corrected chi connectivity index (χ4v) is 2.57. The van der Waals surface area contributed by atoms with E-state index in [0.29, 0.717) is 6.42 Å². The molecule has 0 fully saturated rings. The van der Waals surface area contributed by atoms with E-state index in [1.54, 1.807) is 0 Å². The van der Waals surface area contributed by atoms with Gasteiger partial charge in [-0.05, 0) is 6.42 Å². The van der Waals surface area contributed by atoms with Gasteiger partial charge in [-0.2, -0.15) is 18.7 Å².